The second-order valence-electron chi connectivity index (χ2n) is 7.21. The van der Waals surface area contributed by atoms with Crippen molar-refractivity contribution in [2.45, 2.75) is 52.1 Å². The van der Waals surface area contributed by atoms with Crippen LogP contribution in [0.4, 0.5) is 0 Å². The number of benzene rings is 1. The predicted octanol–water partition coefficient (Wildman–Crippen LogP) is 1.87. The Hall–Kier alpha value is -2.28. The Morgan fingerprint density at radius 1 is 1.32 bits per heavy atom. The van der Waals surface area contributed by atoms with E-state index in [2.05, 4.69) is 29.4 Å². The van der Waals surface area contributed by atoms with E-state index < -0.39 is 5.91 Å². The number of aliphatic imine (C=N–C) groups is 1. The minimum absolute atomic E-state index is 0.117. The fraction of sp³-hybridized carbons (Fsp3) is 0.619. The van der Waals surface area contributed by atoms with Gasteiger partial charge in [0.15, 0.2) is 12.6 Å². The van der Waals surface area contributed by atoms with Crippen LogP contribution in [-0.2, 0) is 11.3 Å². The Morgan fingerprint density at radius 2 is 2.11 bits per heavy atom. The lowest BCUT2D eigenvalue weighted by Crippen LogP contribution is -2.48. The molecule has 1 aromatic rings. The number of nitrogens with zero attached hydrogens (tertiary/aromatic N) is 2. The van der Waals surface area contributed by atoms with Gasteiger partial charge < -0.3 is 26.0 Å². The zero-order chi connectivity index (χ0) is 20.2. The zero-order valence-electron chi connectivity index (χ0n) is 17.2. The number of carbonyl (C=O) groups is 1. The highest BCUT2D eigenvalue weighted by molar-refractivity contribution is 5.80. The monoisotopic (exact) mass is 389 g/mol. The van der Waals surface area contributed by atoms with Crippen LogP contribution in [0.2, 0.25) is 0 Å². The number of unbranched alkanes of at least 4 members (excludes halogenated alkanes) is 1. The van der Waals surface area contributed by atoms with Gasteiger partial charge in [-0.2, -0.15) is 0 Å². The van der Waals surface area contributed by atoms with Gasteiger partial charge >= 0.3 is 0 Å². The first-order valence-electron chi connectivity index (χ1n) is 10.4. The Kier molecular flexibility index (Phi) is 9.62. The van der Waals surface area contributed by atoms with Crippen molar-refractivity contribution in [1.82, 2.24) is 15.5 Å². The van der Waals surface area contributed by atoms with Gasteiger partial charge in [-0.05, 0) is 50.4 Å². The Labute approximate surface area is 168 Å². The number of amides is 1. The fourth-order valence-corrected chi connectivity index (χ4v) is 3.25. The van der Waals surface area contributed by atoms with Gasteiger partial charge in [0.05, 0.1) is 6.54 Å². The van der Waals surface area contributed by atoms with Crippen LogP contribution in [0.25, 0.3) is 0 Å². The van der Waals surface area contributed by atoms with E-state index in [1.54, 1.807) is 0 Å². The van der Waals surface area contributed by atoms with Gasteiger partial charge in [-0.25, -0.2) is 4.99 Å². The lowest BCUT2D eigenvalue weighted by molar-refractivity contribution is -0.119. The van der Waals surface area contributed by atoms with E-state index in [9.17, 15) is 4.79 Å². The zero-order valence-corrected chi connectivity index (χ0v) is 17.2. The third-order valence-corrected chi connectivity index (χ3v) is 4.80. The molecule has 1 aliphatic rings. The lowest BCUT2D eigenvalue weighted by atomic mass is 10.0. The number of ether oxygens (including phenoxy) is 1. The van der Waals surface area contributed by atoms with Crippen LogP contribution >= 0.6 is 0 Å². The topological polar surface area (TPSA) is 92.0 Å². The first-order chi connectivity index (χ1) is 13.6. The smallest absolute Gasteiger partial charge is 0.255 e. The molecule has 1 saturated heterocycles. The molecule has 1 aliphatic heterocycles. The number of guanidine groups is 1. The molecule has 156 valence electrons. The third kappa shape index (κ3) is 8.17. The fourth-order valence-electron chi connectivity index (χ4n) is 3.25. The average Bonchev–Trinajstić information content (AvgIpc) is 2.70. The number of primary amides is 1. The number of nitrogens with two attached hydrogens (primary N) is 1. The van der Waals surface area contributed by atoms with Crippen molar-refractivity contribution in [2.75, 3.05) is 32.8 Å². The lowest BCUT2D eigenvalue weighted by Gasteiger charge is -2.33. The molecule has 1 heterocycles. The Morgan fingerprint density at radius 3 is 2.79 bits per heavy atom. The highest BCUT2D eigenvalue weighted by Crippen LogP contribution is 2.14. The van der Waals surface area contributed by atoms with Crippen LogP contribution in [0, 0.1) is 0 Å². The Bertz CT molecular complexity index is 627. The van der Waals surface area contributed by atoms with Crippen molar-refractivity contribution in [1.29, 1.82) is 0 Å². The van der Waals surface area contributed by atoms with Crippen molar-refractivity contribution < 1.29 is 9.53 Å². The van der Waals surface area contributed by atoms with Crippen LogP contribution in [0.15, 0.2) is 29.3 Å². The molecule has 1 fully saturated rings. The molecule has 0 saturated carbocycles. The number of hydrogen-bond acceptors (Lipinski definition) is 4. The second-order valence-corrected chi connectivity index (χ2v) is 7.21. The van der Waals surface area contributed by atoms with E-state index in [1.807, 2.05) is 24.3 Å². The molecule has 7 heteroatoms. The van der Waals surface area contributed by atoms with Gasteiger partial charge in [-0.15, -0.1) is 0 Å². The summed E-state index contributed by atoms with van der Waals surface area (Å²) >= 11 is 0. The number of hydrogen-bond donors (Lipinski definition) is 3. The van der Waals surface area contributed by atoms with Crippen molar-refractivity contribution >= 4 is 11.9 Å². The summed E-state index contributed by atoms with van der Waals surface area (Å²) in [5.74, 6) is 0.990. The van der Waals surface area contributed by atoms with Gasteiger partial charge in [0, 0.05) is 25.7 Å². The van der Waals surface area contributed by atoms with Crippen molar-refractivity contribution in [2.24, 2.45) is 10.7 Å². The largest absolute Gasteiger partial charge is 0.484 e. The molecular weight excluding hydrogens is 354 g/mol. The molecule has 0 aromatic heterocycles. The second kappa shape index (κ2) is 12.2. The molecule has 28 heavy (non-hydrogen) atoms. The van der Waals surface area contributed by atoms with Gasteiger partial charge in [-0.1, -0.05) is 25.5 Å². The number of likely N-dealkylation sites (tertiary alicyclic amines) is 1. The summed E-state index contributed by atoms with van der Waals surface area (Å²) in [6.07, 6.45) is 4.82. The predicted molar refractivity (Wildman–Crippen MR) is 113 cm³/mol. The van der Waals surface area contributed by atoms with E-state index in [4.69, 9.17) is 15.5 Å². The van der Waals surface area contributed by atoms with Crippen LogP contribution in [-0.4, -0.2) is 55.6 Å². The molecule has 0 bridgehead atoms. The molecule has 7 nitrogen and oxygen atoms in total. The molecule has 2 rings (SSSR count). The highest BCUT2D eigenvalue weighted by atomic mass is 16.5. The third-order valence-electron chi connectivity index (χ3n) is 4.80. The van der Waals surface area contributed by atoms with Crippen LogP contribution in [0.5, 0.6) is 5.75 Å². The molecule has 0 radical (unpaired) electrons. The molecule has 0 spiro atoms. The number of carbonyl (C=O) groups excluding carboxylic acids is 1. The molecule has 1 aromatic carbocycles. The van der Waals surface area contributed by atoms with E-state index in [0.29, 0.717) is 18.3 Å². The van der Waals surface area contributed by atoms with Gasteiger partial charge in [0.25, 0.3) is 5.91 Å². The molecule has 1 amide bonds. The van der Waals surface area contributed by atoms with E-state index in [1.165, 1.54) is 19.4 Å². The molecule has 0 atom stereocenters. The van der Waals surface area contributed by atoms with Crippen LogP contribution < -0.4 is 21.1 Å². The SMILES string of the molecule is CCCCN1CCC(NC(=NCc2cccc(OCC(N)=O)c2)NCC)CC1. The van der Waals surface area contributed by atoms with Gasteiger partial charge in [-0.3, -0.25) is 4.79 Å². The summed E-state index contributed by atoms with van der Waals surface area (Å²) in [6, 6.07) is 8.05. The summed E-state index contributed by atoms with van der Waals surface area (Å²) in [6.45, 7) is 9.07. The normalized spacial score (nSPS) is 16.0. The van der Waals surface area contributed by atoms with Crippen molar-refractivity contribution in [3.05, 3.63) is 29.8 Å². The average molecular weight is 390 g/mol. The first-order valence-corrected chi connectivity index (χ1v) is 10.4. The summed E-state index contributed by atoms with van der Waals surface area (Å²) in [7, 11) is 0. The van der Waals surface area contributed by atoms with Crippen molar-refractivity contribution in [3.63, 3.8) is 0 Å². The Balaban J connectivity index is 1.87. The van der Waals surface area contributed by atoms with Crippen LogP contribution in [0.1, 0.15) is 45.1 Å². The maximum absolute atomic E-state index is 10.9. The number of nitrogens with one attached hydrogen (secondary N) is 2. The summed E-state index contributed by atoms with van der Waals surface area (Å²) in [5.41, 5.74) is 6.15. The maximum Gasteiger partial charge on any atom is 0.255 e. The molecule has 0 aliphatic carbocycles. The van der Waals surface area contributed by atoms with Gasteiger partial charge in [0.1, 0.15) is 5.75 Å². The highest BCUT2D eigenvalue weighted by Gasteiger charge is 2.19. The molecule has 4 N–H and O–H groups in total. The minimum Gasteiger partial charge on any atom is -0.484 e. The molecular formula is C21H35N5O2. The van der Waals surface area contributed by atoms with Gasteiger partial charge in [0.2, 0.25) is 0 Å². The minimum atomic E-state index is -0.484. The van der Waals surface area contributed by atoms with Crippen molar-refractivity contribution in [3.8, 4) is 5.75 Å². The number of rotatable bonds is 10. The number of piperidine rings is 1. The summed E-state index contributed by atoms with van der Waals surface area (Å²) < 4.78 is 5.36. The van der Waals surface area contributed by atoms with E-state index in [0.717, 1.165) is 44.0 Å². The first kappa shape index (κ1) is 22.0. The maximum atomic E-state index is 10.9. The molecule has 0 unspecified atom stereocenters. The van der Waals surface area contributed by atoms with E-state index >= 15 is 0 Å². The quantitative estimate of drug-likeness (QED) is 0.420. The standard InChI is InChI=1S/C21H35N5O2/c1-3-5-11-26-12-9-18(10-13-26)25-21(23-4-2)24-15-17-7-6-8-19(14-17)28-16-20(22)27/h6-8,14,18H,3-5,9-13,15-16H2,1-2H3,(H2,22,27)(H2,23,24,25). The van der Waals surface area contributed by atoms with Crippen LogP contribution in [0.3, 0.4) is 0 Å². The summed E-state index contributed by atoms with van der Waals surface area (Å²) in [4.78, 5) is 18.1. The van der Waals surface area contributed by atoms with E-state index in [-0.39, 0.29) is 6.61 Å². The summed E-state index contributed by atoms with van der Waals surface area (Å²) in [5, 5.41) is 6.91.